The van der Waals surface area contributed by atoms with Crippen molar-refractivity contribution in [2.75, 3.05) is 7.05 Å². The third-order valence-corrected chi connectivity index (χ3v) is 6.21. The van der Waals surface area contributed by atoms with Crippen molar-refractivity contribution in [2.45, 2.75) is 11.3 Å². The number of hydrogen-bond acceptors (Lipinski definition) is 6. The van der Waals surface area contributed by atoms with Crippen LogP contribution in [0.1, 0.15) is 16.7 Å². The van der Waals surface area contributed by atoms with Crippen molar-refractivity contribution in [3.8, 4) is 11.1 Å². The predicted octanol–water partition coefficient (Wildman–Crippen LogP) is 2.82. The van der Waals surface area contributed by atoms with Crippen LogP contribution in [0.4, 0.5) is 0 Å². The maximum atomic E-state index is 13.4. The van der Waals surface area contributed by atoms with Gasteiger partial charge in [0.25, 0.3) is 16.0 Å². The molecule has 1 aromatic heterocycles. The number of carbonyl (C=O) groups is 1. The highest BCUT2D eigenvalue weighted by Crippen LogP contribution is 2.40. The van der Waals surface area contributed by atoms with E-state index in [4.69, 9.17) is 21.9 Å². The van der Waals surface area contributed by atoms with E-state index < -0.39 is 21.4 Å². The molecule has 1 unspecified atom stereocenters. The molecule has 8 nitrogen and oxygen atoms in total. The molecular formula is C22H19ClN4O4S. The number of halogens is 1. The van der Waals surface area contributed by atoms with E-state index in [0.717, 1.165) is 11.1 Å². The molecule has 1 atom stereocenters. The Morgan fingerprint density at radius 3 is 2.34 bits per heavy atom. The van der Waals surface area contributed by atoms with Gasteiger partial charge in [-0.05, 0) is 46.0 Å². The van der Waals surface area contributed by atoms with Crippen LogP contribution in [-0.4, -0.2) is 41.8 Å². The van der Waals surface area contributed by atoms with Crippen LogP contribution in [0.3, 0.4) is 0 Å². The van der Waals surface area contributed by atoms with E-state index in [-0.39, 0.29) is 11.9 Å². The number of nitrogens with two attached hydrogens (primary N) is 1. The molecule has 10 heteroatoms. The molecule has 32 heavy (non-hydrogen) atoms. The number of benzene rings is 2. The topological polar surface area (TPSA) is 126 Å². The van der Waals surface area contributed by atoms with Gasteiger partial charge in [0.2, 0.25) is 0 Å². The molecule has 3 N–H and O–H groups in total. The maximum absolute atomic E-state index is 13.4. The summed E-state index contributed by atoms with van der Waals surface area (Å²) in [4.78, 5) is 23.2. The largest absolute Gasteiger partial charge is 0.369 e. The minimum atomic E-state index is -4.18. The first-order chi connectivity index (χ1) is 15.1. The quantitative estimate of drug-likeness (QED) is 0.436. The molecule has 2 aromatic carbocycles. The van der Waals surface area contributed by atoms with Gasteiger partial charge in [0.05, 0.1) is 0 Å². The Morgan fingerprint density at radius 2 is 1.75 bits per heavy atom. The lowest BCUT2D eigenvalue weighted by atomic mass is 9.81. The van der Waals surface area contributed by atoms with Crippen molar-refractivity contribution in [2.24, 2.45) is 10.7 Å². The van der Waals surface area contributed by atoms with Crippen LogP contribution in [0.2, 0.25) is 5.15 Å². The molecule has 4 rings (SSSR count). The van der Waals surface area contributed by atoms with Gasteiger partial charge in [-0.15, -0.1) is 0 Å². The summed E-state index contributed by atoms with van der Waals surface area (Å²) in [5, 5.41) is 0.344. The number of likely N-dealkylation sites (N-methyl/N-ethyl adjacent to an activating group) is 1. The Kier molecular flexibility index (Phi) is 5.49. The number of amides is 1. The van der Waals surface area contributed by atoms with Crippen molar-refractivity contribution in [1.29, 1.82) is 0 Å². The van der Waals surface area contributed by atoms with Crippen LogP contribution >= 0.6 is 11.6 Å². The fraction of sp³-hybridized carbons (Fsp3) is 0.136. The van der Waals surface area contributed by atoms with Gasteiger partial charge in [0, 0.05) is 13.2 Å². The molecule has 0 saturated heterocycles. The Bertz CT molecular complexity index is 1340. The molecule has 0 radical (unpaired) electrons. The van der Waals surface area contributed by atoms with Gasteiger partial charge in [0.15, 0.2) is 11.5 Å². The van der Waals surface area contributed by atoms with E-state index in [9.17, 15) is 13.2 Å². The fourth-order valence-corrected chi connectivity index (χ4v) is 4.53. The van der Waals surface area contributed by atoms with Crippen molar-refractivity contribution < 1.29 is 17.8 Å². The molecule has 164 valence electrons. The minimum Gasteiger partial charge on any atom is -0.369 e. The fourth-order valence-electron chi connectivity index (χ4n) is 3.74. The molecule has 1 aliphatic heterocycles. The summed E-state index contributed by atoms with van der Waals surface area (Å²) in [6.45, 7) is 0. The predicted molar refractivity (Wildman–Crippen MR) is 122 cm³/mol. The number of nitrogens with zero attached hydrogens (tertiary/aromatic N) is 3. The highest BCUT2D eigenvalue weighted by atomic mass is 35.5. The van der Waals surface area contributed by atoms with Gasteiger partial charge >= 0.3 is 0 Å². The summed E-state index contributed by atoms with van der Waals surface area (Å²) in [5.41, 5.74) is 7.68. The highest BCUT2D eigenvalue weighted by Gasteiger charge is 2.49. The lowest BCUT2D eigenvalue weighted by molar-refractivity contribution is -0.129. The summed E-state index contributed by atoms with van der Waals surface area (Å²) >= 11 is 6.04. The van der Waals surface area contributed by atoms with Gasteiger partial charge in [-0.3, -0.25) is 14.2 Å². The van der Waals surface area contributed by atoms with Crippen molar-refractivity contribution in [3.63, 3.8) is 0 Å². The van der Waals surface area contributed by atoms with Crippen molar-refractivity contribution in [3.05, 3.63) is 88.7 Å². The van der Waals surface area contributed by atoms with Crippen LogP contribution in [-0.2, 0) is 26.2 Å². The normalized spacial score (nSPS) is 18.7. The number of pyridine rings is 1. The molecule has 0 bridgehead atoms. The maximum Gasteiger partial charge on any atom is 0.269 e. The molecule has 0 fully saturated rings. The average Bonchev–Trinajstić information content (AvgIpc) is 2.98. The summed E-state index contributed by atoms with van der Waals surface area (Å²) in [6, 6.07) is 17.1. The van der Waals surface area contributed by atoms with Gasteiger partial charge in [0.1, 0.15) is 10.9 Å². The van der Waals surface area contributed by atoms with Crippen LogP contribution in [0.25, 0.3) is 11.1 Å². The monoisotopic (exact) mass is 470 g/mol. The number of aliphatic imine (C=N–C) groups is 1. The van der Waals surface area contributed by atoms with Crippen LogP contribution < -0.4 is 5.73 Å². The minimum absolute atomic E-state index is 0.0642. The van der Waals surface area contributed by atoms with Crippen molar-refractivity contribution >= 4 is 33.6 Å². The molecule has 1 amide bonds. The molecule has 0 spiro atoms. The Labute approximate surface area is 190 Å². The van der Waals surface area contributed by atoms with E-state index in [1.807, 2.05) is 24.3 Å². The zero-order chi connectivity index (χ0) is 23.1. The molecular weight excluding hydrogens is 452 g/mol. The van der Waals surface area contributed by atoms with Gasteiger partial charge < -0.3 is 5.73 Å². The zero-order valence-corrected chi connectivity index (χ0v) is 18.5. The van der Waals surface area contributed by atoms with E-state index >= 15 is 0 Å². The number of hydrogen-bond donors (Lipinski definition) is 2. The van der Waals surface area contributed by atoms with E-state index in [2.05, 4.69) is 9.98 Å². The number of aromatic nitrogens is 1. The van der Waals surface area contributed by atoms with Gasteiger partial charge in [-0.2, -0.15) is 8.42 Å². The molecule has 2 heterocycles. The zero-order valence-electron chi connectivity index (χ0n) is 16.9. The standard InChI is InChI=1S/C22H19ClN4O4S/c1-27-20(28)22(26-21(27)24,17-7-5-14(6-8-17)13-32(29,30)31)18-4-2-3-15(11-18)16-9-10-25-19(23)12-16/h2-12H,13H2,1H3,(H2,24,26)(H,29,30,31). The Balaban J connectivity index is 1.86. The smallest absolute Gasteiger partial charge is 0.269 e. The Hall–Kier alpha value is -3.27. The first-order valence-corrected chi connectivity index (χ1v) is 11.5. The summed E-state index contributed by atoms with van der Waals surface area (Å²) in [7, 11) is -2.64. The number of carbonyl (C=O) groups excluding carboxylic acids is 1. The summed E-state index contributed by atoms with van der Waals surface area (Å²) < 4.78 is 31.5. The number of guanidine groups is 1. The first kappa shape index (κ1) is 21.9. The van der Waals surface area contributed by atoms with Crippen LogP contribution in [0.15, 0.2) is 71.9 Å². The van der Waals surface area contributed by atoms with E-state index in [0.29, 0.717) is 21.8 Å². The first-order valence-electron chi connectivity index (χ1n) is 9.51. The lowest BCUT2D eigenvalue weighted by Gasteiger charge is -2.26. The molecule has 1 aliphatic rings. The number of rotatable bonds is 5. The van der Waals surface area contributed by atoms with Gasteiger partial charge in [-0.25, -0.2) is 9.98 Å². The third-order valence-electron chi connectivity index (χ3n) is 5.30. The SMILES string of the molecule is CN1C(=O)C(c2ccc(CS(=O)(=O)O)cc2)(c2cccc(-c3ccnc(Cl)c3)c2)N=C1N. The second-order valence-corrected chi connectivity index (χ2v) is 9.26. The van der Waals surface area contributed by atoms with Crippen molar-refractivity contribution in [1.82, 2.24) is 9.88 Å². The second kappa shape index (κ2) is 8.01. The van der Waals surface area contributed by atoms with Gasteiger partial charge in [-0.1, -0.05) is 54.1 Å². The van der Waals surface area contributed by atoms with E-state index in [1.165, 1.54) is 17.0 Å². The summed E-state index contributed by atoms with van der Waals surface area (Å²) in [5.74, 6) is -0.811. The molecule has 3 aromatic rings. The lowest BCUT2D eigenvalue weighted by Crippen LogP contribution is -2.41. The molecule has 0 aliphatic carbocycles. The van der Waals surface area contributed by atoms with E-state index in [1.54, 1.807) is 37.5 Å². The summed E-state index contributed by atoms with van der Waals surface area (Å²) in [6.07, 6.45) is 1.60. The Morgan fingerprint density at radius 1 is 1.06 bits per heavy atom. The highest BCUT2D eigenvalue weighted by molar-refractivity contribution is 7.85. The van der Waals surface area contributed by atoms with Crippen LogP contribution in [0.5, 0.6) is 0 Å². The third kappa shape index (κ3) is 3.97. The molecule has 0 saturated carbocycles. The van der Waals surface area contributed by atoms with Crippen LogP contribution in [0, 0.1) is 0 Å². The average molecular weight is 471 g/mol. The second-order valence-electron chi connectivity index (χ2n) is 7.42.